The molecule has 0 aliphatic carbocycles. The number of hydrogen-bond acceptors (Lipinski definition) is 2. The highest BCUT2D eigenvalue weighted by molar-refractivity contribution is 5.75. The summed E-state index contributed by atoms with van der Waals surface area (Å²) in [5.74, 6) is -0.476. The van der Waals surface area contributed by atoms with Crippen molar-refractivity contribution in [3.05, 3.63) is 0 Å². The number of carboxylic acids is 1. The van der Waals surface area contributed by atoms with Crippen LogP contribution < -0.4 is 0 Å². The molecule has 0 atom stereocenters. The van der Waals surface area contributed by atoms with Crippen LogP contribution in [0.15, 0.2) is 0 Å². The van der Waals surface area contributed by atoms with Crippen LogP contribution in [0.2, 0.25) is 0 Å². The van der Waals surface area contributed by atoms with Crippen LogP contribution >= 0.6 is 0 Å². The molecule has 0 heterocycles. The second kappa shape index (κ2) is 7.95. The van der Waals surface area contributed by atoms with Crippen molar-refractivity contribution in [3.8, 4) is 0 Å². The summed E-state index contributed by atoms with van der Waals surface area (Å²) in [5.41, 5.74) is 0. The van der Waals surface area contributed by atoms with E-state index in [4.69, 9.17) is 5.11 Å². The summed E-state index contributed by atoms with van der Waals surface area (Å²) in [5, 5.41) is 8.68. The van der Waals surface area contributed by atoms with Crippen molar-refractivity contribution >= 4 is 12.0 Å². The van der Waals surface area contributed by atoms with Gasteiger partial charge < -0.3 is 14.9 Å². The van der Waals surface area contributed by atoms with Crippen molar-refractivity contribution in [2.24, 2.45) is 5.92 Å². The van der Waals surface area contributed by atoms with Crippen molar-refractivity contribution in [2.75, 3.05) is 19.6 Å². The van der Waals surface area contributed by atoms with Gasteiger partial charge in [0.1, 0.15) is 0 Å². The molecular weight excluding hydrogens is 232 g/mol. The molecule has 1 N–H and O–H groups in total. The third-order valence-electron chi connectivity index (χ3n) is 2.68. The molecule has 0 bridgehead atoms. The van der Waals surface area contributed by atoms with Gasteiger partial charge in [-0.05, 0) is 26.7 Å². The van der Waals surface area contributed by atoms with Crippen LogP contribution in [0.4, 0.5) is 4.79 Å². The predicted molar refractivity (Wildman–Crippen MR) is 71.6 cm³/mol. The molecule has 0 aromatic heterocycles. The zero-order chi connectivity index (χ0) is 14.3. The van der Waals surface area contributed by atoms with Crippen molar-refractivity contribution in [3.63, 3.8) is 0 Å². The summed E-state index contributed by atoms with van der Waals surface area (Å²) in [6.45, 7) is 11.5. The average Bonchev–Trinajstić information content (AvgIpc) is 2.25. The molecule has 0 unspecified atom stereocenters. The zero-order valence-electron chi connectivity index (χ0n) is 12.1. The monoisotopic (exact) mass is 258 g/mol. The van der Waals surface area contributed by atoms with E-state index >= 15 is 0 Å². The quantitative estimate of drug-likeness (QED) is 0.762. The number of urea groups is 1. The highest BCUT2D eigenvalue weighted by atomic mass is 16.4. The maximum absolute atomic E-state index is 12.3. The second-order valence-electron chi connectivity index (χ2n) is 5.15. The van der Waals surface area contributed by atoms with Crippen LogP contribution in [-0.4, -0.2) is 52.6 Å². The Labute approximate surface area is 110 Å². The first-order valence-electron chi connectivity index (χ1n) is 6.56. The zero-order valence-corrected chi connectivity index (χ0v) is 12.1. The molecule has 5 heteroatoms. The minimum Gasteiger partial charge on any atom is -0.481 e. The van der Waals surface area contributed by atoms with Gasteiger partial charge >= 0.3 is 12.0 Å². The molecule has 0 fully saturated rings. The standard InChI is InChI=1S/C13H26N2O3/c1-6-14(8-7-12(16)17)13(18)15(11(4)5)9-10(2)3/h10-11H,6-9H2,1-5H3,(H,16,17). The third kappa shape index (κ3) is 5.89. The number of carbonyl (C=O) groups excluding carboxylic acids is 1. The Bertz CT molecular complexity index is 277. The number of carboxylic acid groups (broad SMARTS) is 1. The summed E-state index contributed by atoms with van der Waals surface area (Å²) in [4.78, 5) is 26.3. The molecule has 0 aromatic carbocycles. The summed E-state index contributed by atoms with van der Waals surface area (Å²) in [6, 6.07) is 0.0567. The third-order valence-corrected chi connectivity index (χ3v) is 2.68. The van der Waals surface area contributed by atoms with E-state index in [1.807, 2.05) is 20.8 Å². The highest BCUT2D eigenvalue weighted by Gasteiger charge is 2.23. The molecule has 18 heavy (non-hydrogen) atoms. The van der Waals surface area contributed by atoms with Gasteiger partial charge in [0.25, 0.3) is 0 Å². The molecule has 106 valence electrons. The van der Waals surface area contributed by atoms with Gasteiger partial charge in [0.15, 0.2) is 0 Å². The fourth-order valence-electron chi connectivity index (χ4n) is 1.70. The molecule has 2 amide bonds. The molecule has 0 aliphatic rings. The SMILES string of the molecule is CCN(CCC(=O)O)C(=O)N(CC(C)C)C(C)C. The fourth-order valence-corrected chi connectivity index (χ4v) is 1.70. The average molecular weight is 258 g/mol. The Balaban J connectivity index is 4.64. The number of amides is 2. The van der Waals surface area contributed by atoms with Gasteiger partial charge in [0.05, 0.1) is 6.42 Å². The van der Waals surface area contributed by atoms with Gasteiger partial charge in [-0.1, -0.05) is 13.8 Å². The van der Waals surface area contributed by atoms with Crippen molar-refractivity contribution in [1.82, 2.24) is 9.80 Å². The Morgan fingerprint density at radius 3 is 2.06 bits per heavy atom. The second-order valence-corrected chi connectivity index (χ2v) is 5.15. The molecule has 0 aliphatic heterocycles. The first-order valence-corrected chi connectivity index (χ1v) is 6.56. The Kier molecular flexibility index (Phi) is 7.39. The maximum atomic E-state index is 12.3. The number of carbonyl (C=O) groups is 2. The van der Waals surface area contributed by atoms with Crippen molar-refractivity contribution in [1.29, 1.82) is 0 Å². The Morgan fingerprint density at radius 2 is 1.72 bits per heavy atom. The fraction of sp³-hybridized carbons (Fsp3) is 0.846. The first-order chi connectivity index (χ1) is 8.29. The van der Waals surface area contributed by atoms with Crippen LogP contribution in [0.5, 0.6) is 0 Å². The lowest BCUT2D eigenvalue weighted by molar-refractivity contribution is -0.137. The van der Waals surface area contributed by atoms with E-state index in [9.17, 15) is 9.59 Å². The number of nitrogens with zero attached hydrogens (tertiary/aromatic N) is 2. The number of aliphatic carboxylic acids is 1. The summed E-state index contributed by atoms with van der Waals surface area (Å²) < 4.78 is 0. The Hall–Kier alpha value is -1.26. The smallest absolute Gasteiger partial charge is 0.320 e. The van der Waals surface area contributed by atoms with Crippen LogP contribution in [0.25, 0.3) is 0 Å². The molecule has 0 radical (unpaired) electrons. The molecule has 0 rings (SSSR count). The van der Waals surface area contributed by atoms with E-state index in [0.717, 1.165) is 0 Å². The summed E-state index contributed by atoms with van der Waals surface area (Å²) >= 11 is 0. The van der Waals surface area contributed by atoms with Crippen LogP contribution in [0.3, 0.4) is 0 Å². The van der Waals surface area contributed by atoms with E-state index in [2.05, 4.69) is 13.8 Å². The Morgan fingerprint density at radius 1 is 1.17 bits per heavy atom. The van der Waals surface area contributed by atoms with E-state index in [0.29, 0.717) is 19.0 Å². The van der Waals surface area contributed by atoms with E-state index in [1.54, 1.807) is 9.80 Å². The molecule has 5 nitrogen and oxygen atoms in total. The number of hydrogen-bond donors (Lipinski definition) is 1. The van der Waals surface area contributed by atoms with E-state index in [1.165, 1.54) is 0 Å². The maximum Gasteiger partial charge on any atom is 0.320 e. The van der Waals surface area contributed by atoms with Crippen LogP contribution in [-0.2, 0) is 4.79 Å². The van der Waals surface area contributed by atoms with E-state index < -0.39 is 5.97 Å². The van der Waals surface area contributed by atoms with Crippen LogP contribution in [0.1, 0.15) is 41.0 Å². The molecule has 0 saturated heterocycles. The minimum atomic E-state index is -0.874. The normalized spacial score (nSPS) is 10.8. The van der Waals surface area contributed by atoms with Crippen LogP contribution in [0, 0.1) is 5.92 Å². The molecule has 0 aromatic rings. The lowest BCUT2D eigenvalue weighted by Crippen LogP contribution is -2.48. The van der Waals surface area contributed by atoms with Crippen molar-refractivity contribution in [2.45, 2.75) is 47.1 Å². The summed E-state index contributed by atoms with van der Waals surface area (Å²) in [7, 11) is 0. The molecule has 0 saturated carbocycles. The topological polar surface area (TPSA) is 60.9 Å². The van der Waals surface area contributed by atoms with Gasteiger partial charge in [-0.2, -0.15) is 0 Å². The lowest BCUT2D eigenvalue weighted by atomic mass is 10.2. The highest BCUT2D eigenvalue weighted by Crippen LogP contribution is 2.09. The van der Waals surface area contributed by atoms with Gasteiger partial charge in [-0.3, -0.25) is 4.79 Å². The summed E-state index contributed by atoms with van der Waals surface area (Å²) in [6.07, 6.45) is -0.00675. The largest absolute Gasteiger partial charge is 0.481 e. The lowest BCUT2D eigenvalue weighted by Gasteiger charge is -2.33. The minimum absolute atomic E-state index is 0.00675. The van der Waals surface area contributed by atoms with Crippen molar-refractivity contribution < 1.29 is 14.7 Å². The van der Waals surface area contributed by atoms with Gasteiger partial charge in [-0.25, -0.2) is 4.79 Å². The van der Waals surface area contributed by atoms with Gasteiger partial charge in [0.2, 0.25) is 0 Å². The van der Waals surface area contributed by atoms with Gasteiger partial charge in [-0.15, -0.1) is 0 Å². The molecular formula is C13H26N2O3. The van der Waals surface area contributed by atoms with E-state index in [-0.39, 0.29) is 25.0 Å². The first kappa shape index (κ1) is 16.7. The predicted octanol–water partition coefficient (Wildman–Crippen LogP) is 2.27. The molecule has 0 spiro atoms. The van der Waals surface area contributed by atoms with Gasteiger partial charge in [0, 0.05) is 25.7 Å². The number of rotatable bonds is 7.